The second-order valence-corrected chi connectivity index (χ2v) is 28.8. The van der Waals surface area contributed by atoms with Crippen molar-refractivity contribution < 1.29 is 30.7 Å². The Morgan fingerprint density at radius 3 is 1.20 bits per heavy atom. The van der Waals surface area contributed by atoms with E-state index in [0.29, 0.717) is 0 Å². The van der Waals surface area contributed by atoms with Crippen LogP contribution in [0.4, 0.5) is 0 Å². The molecule has 45 heavy (non-hydrogen) atoms. The summed E-state index contributed by atoms with van der Waals surface area (Å²) in [6.45, 7) is 12.4. The van der Waals surface area contributed by atoms with Crippen molar-refractivity contribution >= 4 is 135 Å². The average Bonchev–Trinajstić information content (AvgIpc) is 3.04. The summed E-state index contributed by atoms with van der Waals surface area (Å²) in [7, 11) is 24.6. The standard InChI is InChI=1S/C16H24N2.C16H23N2.5ClH.2K.2Pt/c2*1-3-5-10-17-13-15-8-7-9-16(12-15)14-18-11-6-4-2;;;;;;;;;/h7-9,12-14H,3-6,10-11H2,1-2H3;7-9,13-14H,3-6,10-11H2,1-2H3;5*1H;;;;/q;-1;;;;;;;;+2;+4/p-5. The molecule has 4 nitrogen and oxygen atoms in total. The fraction of sp³-hybridized carbons (Fsp3) is 0.500. The van der Waals surface area contributed by atoms with E-state index in [1.165, 1.54) is 88.8 Å². The number of halogens is 5. The Bertz CT molecular complexity index is 893. The maximum atomic E-state index is 5.01. The quantitative estimate of drug-likeness (QED) is 0.0696. The molecule has 0 bridgehead atoms. The predicted molar refractivity (Wildman–Crippen MR) is 202 cm³/mol. The van der Waals surface area contributed by atoms with Crippen LogP contribution >= 0.6 is 47.1 Å². The first-order valence-electron chi connectivity index (χ1n) is 15.4. The summed E-state index contributed by atoms with van der Waals surface area (Å²) in [5.41, 5.74) is 4.38. The molecule has 0 aliphatic carbocycles. The van der Waals surface area contributed by atoms with E-state index < -0.39 is 11.9 Å². The van der Waals surface area contributed by atoms with Crippen LogP contribution in [0.25, 0.3) is 0 Å². The number of benzene rings is 2. The topological polar surface area (TPSA) is 49.4 Å². The number of nitrogens with zero attached hydrogens (tertiary/aromatic N) is 4. The number of unbranched alkanes of at least 4 members (excludes halogenated alkanes) is 4. The van der Waals surface area contributed by atoms with E-state index in [1.807, 2.05) is 43.1 Å². The second kappa shape index (κ2) is 41.6. The molecule has 0 atom stereocenters. The van der Waals surface area contributed by atoms with Crippen LogP contribution in [0.5, 0.6) is 0 Å². The third-order valence-electron chi connectivity index (χ3n) is 5.26. The van der Waals surface area contributed by atoms with Gasteiger partial charge in [-0.2, -0.15) is 0 Å². The number of aliphatic imine (C=N–C) groups is 4. The van der Waals surface area contributed by atoms with Crippen molar-refractivity contribution in [3.63, 3.8) is 0 Å². The van der Waals surface area contributed by atoms with Crippen molar-refractivity contribution in [3.8, 4) is 0 Å². The van der Waals surface area contributed by atoms with Crippen molar-refractivity contribution in [1.29, 1.82) is 0 Å². The molecule has 0 radical (unpaired) electrons. The molecule has 2 aromatic rings. The van der Waals surface area contributed by atoms with Crippen molar-refractivity contribution in [1.82, 2.24) is 0 Å². The second-order valence-electron chi connectivity index (χ2n) is 9.06. The van der Waals surface area contributed by atoms with E-state index >= 15 is 0 Å². The van der Waals surface area contributed by atoms with E-state index in [4.69, 9.17) is 37.7 Å². The van der Waals surface area contributed by atoms with E-state index in [2.05, 4.69) is 87.4 Å². The van der Waals surface area contributed by atoms with Gasteiger partial charge in [0.2, 0.25) is 0 Å². The Balaban J connectivity index is -0.000000622. The molecule has 0 aliphatic rings. The van der Waals surface area contributed by atoms with Gasteiger partial charge < -0.3 is 9.98 Å². The maximum absolute atomic E-state index is 5.01. The molecule has 0 aromatic heterocycles. The van der Waals surface area contributed by atoms with Crippen molar-refractivity contribution in [2.75, 3.05) is 26.2 Å². The zero-order chi connectivity index (χ0) is 34.6. The Morgan fingerprint density at radius 1 is 0.600 bits per heavy atom. The van der Waals surface area contributed by atoms with E-state index in [-0.39, 0.29) is 0 Å². The fourth-order valence-electron chi connectivity index (χ4n) is 3.04. The molecule has 2 aromatic carbocycles. The molecule has 2 rings (SSSR count). The van der Waals surface area contributed by atoms with Crippen LogP contribution < -0.4 is 0 Å². The molecule has 0 saturated carbocycles. The third-order valence-corrected chi connectivity index (χ3v) is 5.26. The molecule has 0 unspecified atom stereocenters. The Kier molecular flexibility index (Phi) is 48.7. The molecule has 0 aliphatic heterocycles. The molecule has 0 amide bonds. The van der Waals surface area contributed by atoms with Gasteiger partial charge in [-0.1, -0.05) is 71.6 Å². The van der Waals surface area contributed by atoms with Gasteiger partial charge in [0.1, 0.15) is 0 Å². The molecule has 0 fully saturated rings. The minimum atomic E-state index is -3.06. The van der Waals surface area contributed by atoms with Crippen LogP contribution in [-0.4, -0.2) is 114 Å². The normalized spacial score (nSPS) is 11.4. The van der Waals surface area contributed by atoms with Crippen molar-refractivity contribution in [3.05, 3.63) is 70.8 Å². The van der Waals surface area contributed by atoms with Crippen LogP contribution in [0.1, 0.15) is 101 Å². The molecule has 0 N–H and O–H groups in total. The summed E-state index contributed by atoms with van der Waals surface area (Å²) in [4.78, 5) is 17.6. The average molecular weight is 1130 g/mol. The summed E-state index contributed by atoms with van der Waals surface area (Å²) >= 11 is 1.06. The minimum absolute atomic E-state index is 0.902. The van der Waals surface area contributed by atoms with Gasteiger partial charge in [-0.3, -0.25) is 9.98 Å². The van der Waals surface area contributed by atoms with Gasteiger partial charge in [0.15, 0.2) is 0 Å². The SMILES string of the molecule is CCCCN=Cc1[c-]c(C=NCCCC)ccc1.CCCCN=Cc1cccc(C=NCCCC)c1.[Cl][Pt+].[Cl][Pt]([Cl])([Cl])[Cl].[K][K]. The van der Waals surface area contributed by atoms with Gasteiger partial charge in [-0.15, -0.1) is 35.4 Å². The molecular formula is C32H47Cl5K2N4Pt2. The van der Waals surface area contributed by atoms with Gasteiger partial charge in [0.05, 0.1) is 0 Å². The van der Waals surface area contributed by atoms with Crippen LogP contribution in [0.15, 0.2) is 62.4 Å². The van der Waals surface area contributed by atoms with Crippen LogP contribution in [0.2, 0.25) is 0 Å². The monoisotopic (exact) mass is 1130 g/mol. The summed E-state index contributed by atoms with van der Waals surface area (Å²) in [5.74, 6) is 0. The van der Waals surface area contributed by atoms with E-state index in [1.54, 1.807) is 18.8 Å². The molecule has 0 heterocycles. The van der Waals surface area contributed by atoms with Crippen LogP contribution in [-0.2, 0) is 30.7 Å². The van der Waals surface area contributed by atoms with Gasteiger partial charge >= 0.3 is 141 Å². The molecular weight excluding hydrogens is 1090 g/mol. The molecule has 13 heteroatoms. The van der Waals surface area contributed by atoms with E-state index in [9.17, 15) is 0 Å². The molecule has 252 valence electrons. The summed E-state index contributed by atoms with van der Waals surface area (Å²) in [5, 5.41) is 0. The number of hydrogen-bond acceptors (Lipinski definition) is 4. The molecule has 0 saturated heterocycles. The van der Waals surface area contributed by atoms with Gasteiger partial charge in [-0.25, -0.2) is 0 Å². The van der Waals surface area contributed by atoms with Crippen molar-refractivity contribution in [2.45, 2.75) is 79.1 Å². The first-order valence-corrected chi connectivity index (χ1v) is 45.5. The number of hydrogen-bond donors (Lipinski definition) is 0. The zero-order valence-electron chi connectivity index (χ0n) is 27.6. The first kappa shape index (κ1) is 52.6. The van der Waals surface area contributed by atoms with Crippen LogP contribution in [0.3, 0.4) is 0 Å². The predicted octanol–water partition coefficient (Wildman–Crippen LogP) is 10.7. The Labute approximate surface area is 354 Å². The first-order chi connectivity index (χ1) is 21.7. The van der Waals surface area contributed by atoms with Gasteiger partial charge in [-0.05, 0) is 55.3 Å². The summed E-state index contributed by atoms with van der Waals surface area (Å²) in [6, 6.07) is 17.7. The Hall–Kier alpha value is 3.22. The van der Waals surface area contributed by atoms with Gasteiger partial charge in [0, 0.05) is 38.6 Å². The van der Waals surface area contributed by atoms with Gasteiger partial charge in [0.25, 0.3) is 0 Å². The summed E-state index contributed by atoms with van der Waals surface area (Å²) in [6.07, 6.45) is 17.1. The third kappa shape index (κ3) is 43.3. The fourth-order valence-corrected chi connectivity index (χ4v) is 3.04. The van der Waals surface area contributed by atoms with Crippen molar-refractivity contribution in [2.24, 2.45) is 20.0 Å². The van der Waals surface area contributed by atoms with E-state index in [0.717, 1.165) is 74.1 Å². The molecule has 0 spiro atoms. The number of rotatable bonds is 16. The zero-order valence-corrected chi connectivity index (χ0v) is 42.2. The Morgan fingerprint density at radius 2 is 0.889 bits per heavy atom. The van der Waals surface area contributed by atoms with Crippen LogP contribution in [0, 0.1) is 6.07 Å². The summed E-state index contributed by atoms with van der Waals surface area (Å²) < 4.78 is 0.